The molecule has 0 saturated carbocycles. The molecule has 0 aliphatic rings. The topological polar surface area (TPSA) is 16.1 Å². The van der Waals surface area contributed by atoms with Crippen molar-refractivity contribution in [3.63, 3.8) is 0 Å². The van der Waals surface area contributed by atoms with Crippen LogP contribution < -0.4 is 4.90 Å². The fourth-order valence-electron chi connectivity index (χ4n) is 1.72. The van der Waals surface area contributed by atoms with Gasteiger partial charge in [0.1, 0.15) is 5.82 Å². The van der Waals surface area contributed by atoms with E-state index in [4.69, 9.17) is 11.6 Å². The molecule has 0 N–H and O–H groups in total. The Morgan fingerprint density at radius 3 is 2.56 bits per heavy atom. The average molecular weight is 306 g/mol. The molecule has 0 radical (unpaired) electrons. The van der Waals surface area contributed by atoms with Crippen molar-refractivity contribution >= 4 is 33.3 Å². The van der Waals surface area contributed by atoms with Crippen LogP contribution in [0.4, 0.5) is 5.82 Å². The van der Waals surface area contributed by atoms with E-state index < -0.39 is 0 Å². The molecule has 1 heterocycles. The lowest BCUT2D eigenvalue weighted by Gasteiger charge is -2.28. The predicted molar refractivity (Wildman–Crippen MR) is 74.3 cm³/mol. The van der Waals surface area contributed by atoms with Crippen molar-refractivity contribution in [2.45, 2.75) is 33.2 Å². The molecule has 0 saturated heterocycles. The van der Waals surface area contributed by atoms with Crippen LogP contribution in [0.3, 0.4) is 0 Å². The molecule has 90 valence electrons. The molecular formula is C12H18BrClN2. The molecule has 0 aliphatic heterocycles. The Hall–Kier alpha value is -0.280. The second kappa shape index (κ2) is 5.87. The highest BCUT2D eigenvalue weighted by Crippen LogP contribution is 2.27. The minimum Gasteiger partial charge on any atom is -0.356 e. The molecule has 16 heavy (non-hydrogen) atoms. The third kappa shape index (κ3) is 3.63. The van der Waals surface area contributed by atoms with Crippen LogP contribution in [0.1, 0.15) is 27.2 Å². The zero-order valence-electron chi connectivity index (χ0n) is 10.2. The summed E-state index contributed by atoms with van der Waals surface area (Å²) in [7, 11) is 2.04. The first kappa shape index (κ1) is 13.8. The summed E-state index contributed by atoms with van der Waals surface area (Å²) in [6.45, 7) is 6.64. The Morgan fingerprint density at radius 2 is 2.06 bits per heavy atom. The van der Waals surface area contributed by atoms with Crippen molar-refractivity contribution in [3.8, 4) is 0 Å². The van der Waals surface area contributed by atoms with Crippen LogP contribution in [0.15, 0.2) is 16.7 Å². The summed E-state index contributed by atoms with van der Waals surface area (Å²) in [6.07, 6.45) is 2.91. The smallest absolute Gasteiger partial charge is 0.147 e. The molecule has 1 atom stereocenters. The Labute approximate surface area is 111 Å². The van der Waals surface area contributed by atoms with Gasteiger partial charge in [0, 0.05) is 23.8 Å². The Kier molecular flexibility index (Phi) is 5.06. The van der Waals surface area contributed by atoms with Gasteiger partial charge in [-0.25, -0.2) is 4.98 Å². The van der Waals surface area contributed by atoms with Gasteiger partial charge in [-0.15, -0.1) is 0 Å². The number of nitrogens with zero attached hydrogens (tertiary/aromatic N) is 2. The van der Waals surface area contributed by atoms with Gasteiger partial charge in [-0.3, -0.25) is 0 Å². The Bertz CT molecular complexity index is 355. The molecule has 0 bridgehead atoms. The summed E-state index contributed by atoms with van der Waals surface area (Å²) in [4.78, 5) is 6.49. The van der Waals surface area contributed by atoms with Crippen molar-refractivity contribution in [1.29, 1.82) is 0 Å². The lowest BCUT2D eigenvalue weighted by atomic mass is 10.0. The molecule has 1 rings (SSSR count). The van der Waals surface area contributed by atoms with Gasteiger partial charge in [-0.05, 0) is 41.3 Å². The SMILES string of the molecule is CC(C)CC(C)N(C)c1ncc(Br)cc1Cl. The summed E-state index contributed by atoms with van der Waals surface area (Å²) in [5.74, 6) is 1.52. The average Bonchev–Trinajstić information content (AvgIpc) is 2.15. The molecule has 0 fully saturated rings. The molecule has 0 spiro atoms. The molecule has 0 aromatic carbocycles. The fraction of sp³-hybridized carbons (Fsp3) is 0.583. The first-order chi connectivity index (χ1) is 7.41. The summed E-state index contributed by atoms with van der Waals surface area (Å²) in [5, 5.41) is 0.687. The molecule has 1 unspecified atom stereocenters. The first-order valence-corrected chi connectivity index (χ1v) is 6.62. The monoisotopic (exact) mass is 304 g/mol. The van der Waals surface area contributed by atoms with Crippen molar-refractivity contribution < 1.29 is 0 Å². The van der Waals surface area contributed by atoms with E-state index in [2.05, 4.69) is 46.6 Å². The minimum atomic E-state index is 0.436. The van der Waals surface area contributed by atoms with E-state index in [9.17, 15) is 0 Å². The van der Waals surface area contributed by atoms with Gasteiger partial charge in [-0.2, -0.15) is 0 Å². The van der Waals surface area contributed by atoms with Crippen molar-refractivity contribution in [1.82, 2.24) is 4.98 Å². The number of aromatic nitrogens is 1. The minimum absolute atomic E-state index is 0.436. The third-order valence-electron chi connectivity index (χ3n) is 2.60. The van der Waals surface area contributed by atoms with Crippen LogP contribution in [0.25, 0.3) is 0 Å². The number of pyridine rings is 1. The number of hydrogen-bond acceptors (Lipinski definition) is 2. The maximum absolute atomic E-state index is 6.17. The van der Waals surface area contributed by atoms with Crippen LogP contribution in [-0.2, 0) is 0 Å². The lowest BCUT2D eigenvalue weighted by Crippen LogP contribution is -2.30. The van der Waals surface area contributed by atoms with Gasteiger partial charge in [0.05, 0.1) is 5.02 Å². The second-order valence-electron chi connectivity index (χ2n) is 4.55. The van der Waals surface area contributed by atoms with Crippen molar-refractivity contribution in [2.75, 3.05) is 11.9 Å². The standard InChI is InChI=1S/C12H18BrClN2/c1-8(2)5-9(3)16(4)12-11(14)6-10(13)7-15-12/h6-9H,5H2,1-4H3. The number of anilines is 1. The van der Waals surface area contributed by atoms with Gasteiger partial charge in [0.25, 0.3) is 0 Å². The summed E-state index contributed by atoms with van der Waals surface area (Å²) >= 11 is 9.53. The lowest BCUT2D eigenvalue weighted by molar-refractivity contribution is 0.502. The highest BCUT2D eigenvalue weighted by Gasteiger charge is 2.15. The highest BCUT2D eigenvalue weighted by molar-refractivity contribution is 9.10. The van der Waals surface area contributed by atoms with Gasteiger partial charge >= 0.3 is 0 Å². The van der Waals surface area contributed by atoms with E-state index in [1.54, 1.807) is 6.20 Å². The van der Waals surface area contributed by atoms with E-state index in [1.165, 1.54) is 0 Å². The summed E-state index contributed by atoms with van der Waals surface area (Å²) in [5.41, 5.74) is 0. The van der Waals surface area contributed by atoms with Crippen molar-refractivity contribution in [2.24, 2.45) is 5.92 Å². The van der Waals surface area contributed by atoms with Crippen LogP contribution in [-0.4, -0.2) is 18.1 Å². The molecule has 1 aromatic rings. The molecular weight excluding hydrogens is 288 g/mol. The molecule has 2 nitrogen and oxygen atoms in total. The molecule has 0 amide bonds. The van der Waals surface area contributed by atoms with E-state index in [1.807, 2.05) is 13.1 Å². The first-order valence-electron chi connectivity index (χ1n) is 5.45. The summed E-state index contributed by atoms with van der Waals surface area (Å²) in [6, 6.07) is 2.31. The van der Waals surface area contributed by atoms with Crippen LogP contribution in [0.2, 0.25) is 5.02 Å². The van der Waals surface area contributed by atoms with E-state index in [0.717, 1.165) is 16.7 Å². The third-order valence-corrected chi connectivity index (χ3v) is 3.31. The normalized spacial score (nSPS) is 12.9. The number of halogens is 2. The Morgan fingerprint density at radius 1 is 1.44 bits per heavy atom. The Balaban J connectivity index is 2.83. The number of hydrogen-bond donors (Lipinski definition) is 0. The van der Waals surface area contributed by atoms with Gasteiger partial charge in [-0.1, -0.05) is 25.4 Å². The van der Waals surface area contributed by atoms with E-state index in [0.29, 0.717) is 17.0 Å². The van der Waals surface area contributed by atoms with Gasteiger partial charge in [0.15, 0.2) is 0 Å². The quantitative estimate of drug-likeness (QED) is 0.821. The molecule has 0 aliphatic carbocycles. The fourth-order valence-corrected chi connectivity index (χ4v) is 2.48. The molecule has 1 aromatic heterocycles. The molecule has 4 heteroatoms. The van der Waals surface area contributed by atoms with Crippen LogP contribution >= 0.6 is 27.5 Å². The highest BCUT2D eigenvalue weighted by atomic mass is 79.9. The summed E-state index contributed by atoms with van der Waals surface area (Å²) < 4.78 is 0.908. The maximum atomic E-state index is 6.17. The maximum Gasteiger partial charge on any atom is 0.147 e. The van der Waals surface area contributed by atoms with Crippen LogP contribution in [0, 0.1) is 5.92 Å². The largest absolute Gasteiger partial charge is 0.356 e. The van der Waals surface area contributed by atoms with Crippen molar-refractivity contribution in [3.05, 3.63) is 21.8 Å². The number of rotatable bonds is 4. The van der Waals surface area contributed by atoms with E-state index >= 15 is 0 Å². The zero-order valence-corrected chi connectivity index (χ0v) is 12.5. The second-order valence-corrected chi connectivity index (χ2v) is 5.87. The zero-order chi connectivity index (χ0) is 12.3. The van der Waals surface area contributed by atoms with E-state index in [-0.39, 0.29) is 0 Å². The van der Waals surface area contributed by atoms with Gasteiger partial charge < -0.3 is 4.90 Å². The van der Waals surface area contributed by atoms with Gasteiger partial charge in [0.2, 0.25) is 0 Å². The van der Waals surface area contributed by atoms with Crippen LogP contribution in [0.5, 0.6) is 0 Å². The predicted octanol–water partition coefficient (Wildman–Crippen LogP) is 4.37.